The molecule has 1 amide bonds. The highest BCUT2D eigenvalue weighted by molar-refractivity contribution is 6.38. The summed E-state index contributed by atoms with van der Waals surface area (Å²) in [5.41, 5.74) is 5.64. The van der Waals surface area contributed by atoms with Crippen LogP contribution in [0.4, 0.5) is 0 Å². The zero-order valence-electron chi connectivity index (χ0n) is 6.71. The first-order chi connectivity index (χ1) is 6.61. The third kappa shape index (κ3) is 1.21. The minimum Gasteiger partial charge on any atom is -0.365 e. The van der Waals surface area contributed by atoms with E-state index in [-0.39, 0.29) is 15.9 Å². The Hall–Kier alpha value is -1.33. The van der Waals surface area contributed by atoms with Crippen molar-refractivity contribution in [3.8, 4) is 0 Å². The van der Waals surface area contributed by atoms with Gasteiger partial charge in [0.05, 0.1) is 17.1 Å². The van der Waals surface area contributed by atoms with Crippen molar-refractivity contribution in [2.75, 3.05) is 0 Å². The lowest BCUT2D eigenvalue weighted by Gasteiger charge is -2.01. The minimum absolute atomic E-state index is 0.0285. The van der Waals surface area contributed by atoms with Crippen molar-refractivity contribution in [3.63, 3.8) is 0 Å². The number of carbonyl (C=O) groups excluding carboxylic acids is 1. The van der Waals surface area contributed by atoms with E-state index in [0.717, 1.165) is 0 Å². The van der Waals surface area contributed by atoms with Gasteiger partial charge in [0, 0.05) is 0 Å². The maximum atomic E-state index is 11.1. The van der Waals surface area contributed by atoms with Crippen LogP contribution in [0.25, 0.3) is 10.9 Å². The Morgan fingerprint density at radius 1 is 1.43 bits per heavy atom. The second kappa shape index (κ2) is 3.11. The molecule has 0 bridgehead atoms. The number of H-pyrrole nitrogens is 1. The van der Waals surface area contributed by atoms with Gasteiger partial charge in [0.2, 0.25) is 0 Å². The Labute approximate surface area is 88.2 Å². The van der Waals surface area contributed by atoms with Crippen molar-refractivity contribution in [1.82, 2.24) is 15.2 Å². The van der Waals surface area contributed by atoms with Crippen LogP contribution in [-0.4, -0.2) is 21.1 Å². The number of rotatable bonds is 1. The van der Waals surface area contributed by atoms with Gasteiger partial charge < -0.3 is 5.73 Å². The van der Waals surface area contributed by atoms with Gasteiger partial charge in [0.1, 0.15) is 15.9 Å². The lowest BCUT2D eigenvalue weighted by Crippen LogP contribution is -2.13. The van der Waals surface area contributed by atoms with Crippen molar-refractivity contribution in [1.29, 1.82) is 0 Å². The lowest BCUT2D eigenvalue weighted by molar-refractivity contribution is 0.100. The first kappa shape index (κ1) is 9.23. The van der Waals surface area contributed by atoms with Gasteiger partial charge >= 0.3 is 0 Å². The molecule has 0 atom stereocenters. The smallest absolute Gasteiger partial charge is 0.254 e. The molecule has 2 heterocycles. The number of carbonyl (C=O) groups is 1. The SMILES string of the molecule is NC(=O)c1c(Cl)nc(Cl)c2cn[nH]c12. The molecule has 0 spiro atoms. The van der Waals surface area contributed by atoms with Crippen molar-refractivity contribution >= 4 is 40.0 Å². The maximum Gasteiger partial charge on any atom is 0.254 e. The summed E-state index contributed by atoms with van der Waals surface area (Å²) in [6.45, 7) is 0. The zero-order valence-corrected chi connectivity index (χ0v) is 8.23. The highest BCUT2D eigenvalue weighted by atomic mass is 35.5. The summed E-state index contributed by atoms with van der Waals surface area (Å²) in [6, 6.07) is 0. The average molecular weight is 231 g/mol. The van der Waals surface area contributed by atoms with E-state index >= 15 is 0 Å². The normalized spacial score (nSPS) is 10.7. The molecule has 0 saturated heterocycles. The Balaban J connectivity index is 2.93. The van der Waals surface area contributed by atoms with Gasteiger partial charge in [-0.2, -0.15) is 5.10 Å². The number of nitrogens with zero attached hydrogens (tertiary/aromatic N) is 2. The summed E-state index contributed by atoms with van der Waals surface area (Å²) in [4.78, 5) is 14.8. The molecule has 14 heavy (non-hydrogen) atoms. The highest BCUT2D eigenvalue weighted by Crippen LogP contribution is 2.27. The fourth-order valence-corrected chi connectivity index (χ4v) is 1.71. The van der Waals surface area contributed by atoms with E-state index in [0.29, 0.717) is 10.9 Å². The molecule has 2 aromatic rings. The average Bonchev–Trinajstić information content (AvgIpc) is 2.51. The number of pyridine rings is 1. The topological polar surface area (TPSA) is 84.7 Å². The van der Waals surface area contributed by atoms with E-state index in [2.05, 4.69) is 15.2 Å². The molecule has 0 aliphatic heterocycles. The van der Waals surface area contributed by atoms with Gasteiger partial charge in [-0.1, -0.05) is 23.2 Å². The molecule has 7 heteroatoms. The third-order valence-electron chi connectivity index (χ3n) is 1.76. The van der Waals surface area contributed by atoms with Crippen LogP contribution in [0.1, 0.15) is 10.4 Å². The van der Waals surface area contributed by atoms with E-state index in [1.807, 2.05) is 0 Å². The van der Waals surface area contributed by atoms with Gasteiger partial charge in [-0.25, -0.2) is 4.98 Å². The molecule has 0 unspecified atom stereocenters. The maximum absolute atomic E-state index is 11.1. The van der Waals surface area contributed by atoms with E-state index in [1.165, 1.54) is 6.20 Å². The molecule has 72 valence electrons. The summed E-state index contributed by atoms with van der Waals surface area (Å²) in [7, 11) is 0. The lowest BCUT2D eigenvalue weighted by atomic mass is 10.2. The molecule has 0 aliphatic rings. The molecule has 2 aromatic heterocycles. The van der Waals surface area contributed by atoms with Crippen LogP contribution in [0, 0.1) is 0 Å². The molecule has 0 radical (unpaired) electrons. The molecule has 0 saturated carbocycles. The van der Waals surface area contributed by atoms with Crippen molar-refractivity contribution in [2.24, 2.45) is 5.73 Å². The van der Waals surface area contributed by atoms with Crippen LogP contribution in [0.2, 0.25) is 10.3 Å². The van der Waals surface area contributed by atoms with E-state index in [4.69, 9.17) is 28.9 Å². The number of hydrogen-bond acceptors (Lipinski definition) is 3. The quantitative estimate of drug-likeness (QED) is 0.726. The number of nitrogens with two attached hydrogens (primary N) is 1. The highest BCUT2D eigenvalue weighted by Gasteiger charge is 2.17. The summed E-state index contributed by atoms with van der Waals surface area (Å²) in [5.74, 6) is -0.673. The standard InChI is InChI=1S/C7H4Cl2N4O/c8-5-2-1-11-13-4(2)3(7(10)14)6(9)12-5/h1H,(H2,10,14)(H,11,13). The van der Waals surface area contributed by atoms with Crippen LogP contribution < -0.4 is 5.73 Å². The van der Waals surface area contributed by atoms with Crippen molar-refractivity contribution in [3.05, 3.63) is 22.1 Å². The second-order valence-electron chi connectivity index (χ2n) is 2.59. The predicted octanol–water partition coefficient (Wildman–Crippen LogP) is 1.36. The summed E-state index contributed by atoms with van der Waals surface area (Å²) < 4.78 is 0. The van der Waals surface area contributed by atoms with E-state index in [9.17, 15) is 4.79 Å². The summed E-state index contributed by atoms with van der Waals surface area (Å²) >= 11 is 11.5. The Morgan fingerprint density at radius 2 is 2.14 bits per heavy atom. The monoisotopic (exact) mass is 230 g/mol. The molecule has 3 N–H and O–H groups in total. The van der Waals surface area contributed by atoms with Crippen LogP contribution in [0.5, 0.6) is 0 Å². The van der Waals surface area contributed by atoms with Crippen LogP contribution in [-0.2, 0) is 0 Å². The first-order valence-electron chi connectivity index (χ1n) is 3.59. The predicted molar refractivity (Wildman–Crippen MR) is 52.4 cm³/mol. The molecule has 5 nitrogen and oxygen atoms in total. The van der Waals surface area contributed by atoms with Gasteiger partial charge in [0.25, 0.3) is 5.91 Å². The van der Waals surface area contributed by atoms with Crippen molar-refractivity contribution in [2.45, 2.75) is 0 Å². The molecular formula is C7H4Cl2N4O. The van der Waals surface area contributed by atoms with Crippen LogP contribution in [0.3, 0.4) is 0 Å². The zero-order chi connectivity index (χ0) is 10.3. The number of fused-ring (bicyclic) bond motifs is 1. The molecule has 0 fully saturated rings. The number of nitrogens with one attached hydrogen (secondary N) is 1. The number of primary amides is 1. The molecule has 0 aromatic carbocycles. The number of amides is 1. The fourth-order valence-electron chi connectivity index (χ4n) is 1.16. The van der Waals surface area contributed by atoms with Gasteiger partial charge in [-0.05, 0) is 0 Å². The van der Waals surface area contributed by atoms with Gasteiger partial charge in [-0.3, -0.25) is 9.89 Å². The second-order valence-corrected chi connectivity index (χ2v) is 3.31. The van der Waals surface area contributed by atoms with Crippen molar-refractivity contribution < 1.29 is 4.79 Å². The Kier molecular flexibility index (Phi) is 2.05. The van der Waals surface area contributed by atoms with Gasteiger partial charge in [0.15, 0.2) is 0 Å². The third-order valence-corrected chi connectivity index (χ3v) is 2.32. The number of halogens is 2. The Bertz CT molecular complexity index is 522. The minimum atomic E-state index is -0.673. The molecule has 2 rings (SSSR count). The largest absolute Gasteiger partial charge is 0.365 e. The number of aromatic nitrogens is 3. The van der Waals surface area contributed by atoms with Gasteiger partial charge in [-0.15, -0.1) is 0 Å². The summed E-state index contributed by atoms with van der Waals surface area (Å²) in [5, 5.41) is 7.00. The first-order valence-corrected chi connectivity index (χ1v) is 4.34. The number of hydrogen-bond donors (Lipinski definition) is 2. The Morgan fingerprint density at radius 3 is 2.79 bits per heavy atom. The van der Waals surface area contributed by atoms with Crippen LogP contribution >= 0.6 is 23.2 Å². The number of aromatic amines is 1. The summed E-state index contributed by atoms with van der Waals surface area (Å²) in [6.07, 6.45) is 1.45. The van der Waals surface area contributed by atoms with E-state index in [1.54, 1.807) is 0 Å². The molecular weight excluding hydrogens is 227 g/mol. The molecule has 0 aliphatic carbocycles. The fraction of sp³-hybridized carbons (Fsp3) is 0. The van der Waals surface area contributed by atoms with E-state index < -0.39 is 5.91 Å². The van der Waals surface area contributed by atoms with Crippen LogP contribution in [0.15, 0.2) is 6.20 Å².